The molecule has 0 saturated heterocycles. The van der Waals surface area contributed by atoms with E-state index >= 15 is 0 Å². The molecule has 1 aliphatic carbocycles. The van der Waals surface area contributed by atoms with Crippen molar-refractivity contribution in [2.24, 2.45) is 0 Å². The monoisotopic (exact) mass is 515 g/mol. The van der Waals surface area contributed by atoms with Gasteiger partial charge in [-0.25, -0.2) is 9.97 Å². The standard InChI is InChI=1S/C29H37N7O2/c1-3-7-21(17-37)35-25-16-20(12-15-24(25)32-2)36-29-26(28(31)33-18-34-29)27(30)19-10-13-23(14-11-19)38-22-8-5-4-6-9-22/h4-6,8-11,13-14,17-18,20-21,24-25,30,32,35H,3,7,12,15-16H2,1-2H3,(H3,31,33,34,36). The number of nitrogens with one attached hydrogen (secondary N) is 4. The van der Waals surface area contributed by atoms with Crippen LogP contribution in [0.25, 0.3) is 0 Å². The van der Waals surface area contributed by atoms with E-state index in [0.717, 1.165) is 44.1 Å². The lowest BCUT2D eigenvalue weighted by Crippen LogP contribution is -2.55. The number of aldehydes is 1. The molecule has 0 spiro atoms. The van der Waals surface area contributed by atoms with Crippen LogP contribution in [0.4, 0.5) is 11.6 Å². The van der Waals surface area contributed by atoms with Crippen LogP contribution >= 0.6 is 0 Å². The van der Waals surface area contributed by atoms with Gasteiger partial charge in [0, 0.05) is 23.7 Å². The SMILES string of the molecule is CCCC(C=O)NC1CC(Nc2ncnc(N)c2C(=N)c2ccc(Oc3ccccc3)cc2)CCC1NC. The maximum atomic E-state index is 11.6. The predicted octanol–water partition coefficient (Wildman–Crippen LogP) is 4.15. The van der Waals surface area contributed by atoms with E-state index in [4.69, 9.17) is 15.9 Å². The highest BCUT2D eigenvalue weighted by Gasteiger charge is 2.32. The summed E-state index contributed by atoms with van der Waals surface area (Å²) in [4.78, 5) is 20.2. The molecule has 3 aromatic rings. The number of ether oxygens (including phenoxy) is 1. The van der Waals surface area contributed by atoms with Crippen molar-refractivity contribution >= 4 is 23.6 Å². The van der Waals surface area contributed by atoms with Crippen LogP contribution in [0, 0.1) is 5.41 Å². The van der Waals surface area contributed by atoms with Gasteiger partial charge in [-0.15, -0.1) is 0 Å². The topological polar surface area (TPSA) is 138 Å². The minimum Gasteiger partial charge on any atom is -0.457 e. The molecule has 1 fully saturated rings. The van der Waals surface area contributed by atoms with Crippen molar-refractivity contribution in [3.05, 3.63) is 72.1 Å². The second-order valence-corrected chi connectivity index (χ2v) is 9.65. The molecule has 9 nitrogen and oxygen atoms in total. The average Bonchev–Trinajstić information content (AvgIpc) is 2.94. The van der Waals surface area contributed by atoms with Gasteiger partial charge in [0.25, 0.3) is 0 Å². The Morgan fingerprint density at radius 2 is 1.84 bits per heavy atom. The molecular weight excluding hydrogens is 478 g/mol. The number of hydrogen-bond donors (Lipinski definition) is 5. The smallest absolute Gasteiger partial charge is 0.141 e. The van der Waals surface area contributed by atoms with Crippen LogP contribution in [0.3, 0.4) is 0 Å². The van der Waals surface area contributed by atoms with Crippen molar-refractivity contribution in [1.29, 1.82) is 5.41 Å². The summed E-state index contributed by atoms with van der Waals surface area (Å²) in [6, 6.07) is 17.2. The van der Waals surface area contributed by atoms with E-state index in [9.17, 15) is 4.79 Å². The second kappa shape index (κ2) is 13.1. The van der Waals surface area contributed by atoms with Crippen molar-refractivity contribution in [2.45, 2.75) is 63.2 Å². The highest BCUT2D eigenvalue weighted by molar-refractivity contribution is 6.16. The third kappa shape index (κ3) is 6.73. The van der Waals surface area contributed by atoms with Gasteiger partial charge in [-0.2, -0.15) is 0 Å². The molecule has 4 rings (SSSR count). The Bertz CT molecular complexity index is 1200. The van der Waals surface area contributed by atoms with Gasteiger partial charge in [-0.3, -0.25) is 5.41 Å². The number of hydrogen-bond acceptors (Lipinski definition) is 9. The minimum atomic E-state index is -0.160. The quantitative estimate of drug-likeness (QED) is 0.179. The summed E-state index contributed by atoms with van der Waals surface area (Å²) in [5.41, 5.74) is 7.66. The molecule has 1 aliphatic rings. The Morgan fingerprint density at radius 1 is 1.11 bits per heavy atom. The lowest BCUT2D eigenvalue weighted by atomic mass is 9.86. The zero-order valence-corrected chi connectivity index (χ0v) is 22.0. The van der Waals surface area contributed by atoms with E-state index in [-0.39, 0.29) is 35.7 Å². The van der Waals surface area contributed by atoms with Crippen molar-refractivity contribution < 1.29 is 9.53 Å². The molecular formula is C29H37N7O2. The number of nitrogens with two attached hydrogens (primary N) is 1. The highest BCUT2D eigenvalue weighted by Crippen LogP contribution is 2.28. The van der Waals surface area contributed by atoms with Crippen LogP contribution in [0.2, 0.25) is 0 Å². The molecule has 200 valence electrons. The third-order valence-corrected chi connectivity index (χ3v) is 7.00. The van der Waals surface area contributed by atoms with Gasteiger partial charge < -0.3 is 31.2 Å². The molecule has 4 atom stereocenters. The Balaban J connectivity index is 1.49. The van der Waals surface area contributed by atoms with E-state index < -0.39 is 0 Å². The predicted molar refractivity (Wildman–Crippen MR) is 151 cm³/mol. The maximum Gasteiger partial charge on any atom is 0.141 e. The Morgan fingerprint density at radius 3 is 2.53 bits per heavy atom. The lowest BCUT2D eigenvalue weighted by molar-refractivity contribution is -0.110. The van der Waals surface area contributed by atoms with Crippen LogP contribution in [0.5, 0.6) is 11.5 Å². The largest absolute Gasteiger partial charge is 0.457 e. The van der Waals surface area contributed by atoms with Crippen LogP contribution in [0.1, 0.15) is 50.2 Å². The number of benzene rings is 2. The fourth-order valence-corrected chi connectivity index (χ4v) is 5.02. The Kier molecular flexibility index (Phi) is 9.40. The lowest BCUT2D eigenvalue weighted by Gasteiger charge is -2.38. The van der Waals surface area contributed by atoms with Crippen LogP contribution in [-0.2, 0) is 4.79 Å². The Labute approximate surface area is 224 Å². The van der Waals surface area contributed by atoms with E-state index in [2.05, 4.69) is 32.8 Å². The first-order chi connectivity index (χ1) is 18.5. The van der Waals surface area contributed by atoms with Gasteiger partial charge in [-0.05, 0) is 69.1 Å². The molecule has 1 heterocycles. The molecule has 2 aromatic carbocycles. The fourth-order valence-electron chi connectivity index (χ4n) is 5.02. The molecule has 0 bridgehead atoms. The van der Waals surface area contributed by atoms with Gasteiger partial charge in [0.15, 0.2) is 0 Å². The van der Waals surface area contributed by atoms with E-state index in [1.54, 1.807) is 0 Å². The van der Waals surface area contributed by atoms with Crippen molar-refractivity contribution in [3.63, 3.8) is 0 Å². The van der Waals surface area contributed by atoms with Crippen molar-refractivity contribution in [1.82, 2.24) is 20.6 Å². The molecule has 0 aliphatic heterocycles. The fraction of sp³-hybridized carbons (Fsp3) is 0.379. The van der Waals surface area contributed by atoms with Gasteiger partial charge >= 0.3 is 0 Å². The Hall–Kier alpha value is -3.82. The number of nitrogen functional groups attached to an aromatic ring is 1. The van der Waals surface area contributed by atoms with Crippen LogP contribution in [-0.4, -0.2) is 53.2 Å². The van der Waals surface area contributed by atoms with Gasteiger partial charge in [0.05, 0.1) is 17.3 Å². The van der Waals surface area contributed by atoms with E-state index in [1.807, 2.05) is 61.6 Å². The molecule has 0 radical (unpaired) electrons. The summed E-state index contributed by atoms with van der Waals surface area (Å²) < 4.78 is 5.88. The van der Waals surface area contributed by atoms with E-state index in [0.29, 0.717) is 22.7 Å². The molecule has 0 amide bonds. The zero-order valence-electron chi connectivity index (χ0n) is 22.0. The van der Waals surface area contributed by atoms with Crippen LogP contribution < -0.4 is 26.4 Å². The first kappa shape index (κ1) is 27.2. The first-order valence-electron chi connectivity index (χ1n) is 13.2. The first-order valence-corrected chi connectivity index (χ1v) is 13.2. The van der Waals surface area contributed by atoms with Gasteiger partial charge in [0.1, 0.15) is 35.7 Å². The number of carbonyl (C=O) groups excluding carboxylic acids is 1. The molecule has 1 saturated carbocycles. The highest BCUT2D eigenvalue weighted by atomic mass is 16.5. The number of aromatic nitrogens is 2. The summed E-state index contributed by atoms with van der Waals surface area (Å²) in [5.74, 6) is 2.22. The number of anilines is 2. The number of nitrogens with zero attached hydrogens (tertiary/aromatic N) is 2. The van der Waals surface area contributed by atoms with Crippen molar-refractivity contribution in [3.8, 4) is 11.5 Å². The maximum absolute atomic E-state index is 11.6. The molecule has 4 unspecified atom stereocenters. The number of para-hydroxylation sites is 1. The molecule has 1 aromatic heterocycles. The molecule has 9 heteroatoms. The number of likely N-dealkylation sites (N-methyl/N-ethyl adjacent to an activating group) is 1. The van der Waals surface area contributed by atoms with Gasteiger partial charge in [-0.1, -0.05) is 31.5 Å². The number of rotatable bonds is 12. The van der Waals surface area contributed by atoms with Crippen LogP contribution in [0.15, 0.2) is 60.9 Å². The third-order valence-electron chi connectivity index (χ3n) is 7.00. The summed E-state index contributed by atoms with van der Waals surface area (Å²) >= 11 is 0. The molecule has 6 N–H and O–H groups in total. The summed E-state index contributed by atoms with van der Waals surface area (Å²) in [7, 11) is 1.96. The summed E-state index contributed by atoms with van der Waals surface area (Å²) in [5, 5.41) is 19.4. The summed E-state index contributed by atoms with van der Waals surface area (Å²) in [6.07, 6.45) is 6.86. The van der Waals surface area contributed by atoms with Crippen molar-refractivity contribution in [2.75, 3.05) is 18.1 Å². The van der Waals surface area contributed by atoms with E-state index in [1.165, 1.54) is 6.33 Å². The van der Waals surface area contributed by atoms with Gasteiger partial charge in [0.2, 0.25) is 0 Å². The molecule has 38 heavy (non-hydrogen) atoms. The summed E-state index contributed by atoms with van der Waals surface area (Å²) in [6.45, 7) is 2.08. The average molecular weight is 516 g/mol. The normalized spacial score (nSPS) is 19.9. The second-order valence-electron chi connectivity index (χ2n) is 9.65. The zero-order chi connectivity index (χ0) is 26.9. The minimum absolute atomic E-state index is 0.105. The number of carbonyl (C=O) groups is 1.